The SMILES string of the molecule is C#C[C@H]1CCCC1C(=O)OC(C)(C)C. The van der Waals surface area contributed by atoms with Gasteiger partial charge in [-0.2, -0.15) is 0 Å². The first-order valence-corrected chi connectivity index (χ1v) is 5.13. The smallest absolute Gasteiger partial charge is 0.310 e. The highest BCUT2D eigenvalue weighted by Crippen LogP contribution is 2.32. The first kappa shape index (κ1) is 11.1. The van der Waals surface area contributed by atoms with Crippen molar-refractivity contribution >= 4 is 5.97 Å². The molecule has 1 rings (SSSR count). The van der Waals surface area contributed by atoms with E-state index in [2.05, 4.69) is 5.92 Å². The van der Waals surface area contributed by atoms with Gasteiger partial charge in [0.05, 0.1) is 5.92 Å². The number of hydrogen-bond donors (Lipinski definition) is 0. The van der Waals surface area contributed by atoms with Gasteiger partial charge in [0.1, 0.15) is 5.60 Å². The molecular weight excluding hydrogens is 176 g/mol. The molecule has 0 aromatic heterocycles. The van der Waals surface area contributed by atoms with Crippen LogP contribution in [0, 0.1) is 24.2 Å². The van der Waals surface area contributed by atoms with Crippen molar-refractivity contribution in [1.82, 2.24) is 0 Å². The lowest BCUT2D eigenvalue weighted by atomic mass is 9.97. The Morgan fingerprint density at radius 1 is 1.43 bits per heavy atom. The number of terminal acetylenes is 1. The van der Waals surface area contributed by atoms with Crippen molar-refractivity contribution in [1.29, 1.82) is 0 Å². The second kappa shape index (κ2) is 4.04. The Morgan fingerprint density at radius 3 is 2.57 bits per heavy atom. The van der Waals surface area contributed by atoms with E-state index < -0.39 is 5.60 Å². The van der Waals surface area contributed by atoms with E-state index in [1.54, 1.807) is 0 Å². The van der Waals surface area contributed by atoms with E-state index in [-0.39, 0.29) is 17.8 Å². The normalized spacial score (nSPS) is 27.0. The molecule has 1 saturated carbocycles. The Labute approximate surface area is 86.0 Å². The third kappa shape index (κ3) is 2.77. The maximum Gasteiger partial charge on any atom is 0.310 e. The molecule has 0 heterocycles. The van der Waals surface area contributed by atoms with Crippen molar-refractivity contribution < 1.29 is 9.53 Å². The third-order valence-corrected chi connectivity index (χ3v) is 2.44. The summed E-state index contributed by atoms with van der Waals surface area (Å²) in [4.78, 5) is 11.7. The maximum absolute atomic E-state index is 11.7. The van der Waals surface area contributed by atoms with E-state index in [4.69, 9.17) is 11.2 Å². The molecule has 0 aliphatic heterocycles. The van der Waals surface area contributed by atoms with Gasteiger partial charge in [-0.05, 0) is 33.6 Å². The van der Waals surface area contributed by atoms with Crippen LogP contribution < -0.4 is 0 Å². The van der Waals surface area contributed by atoms with Gasteiger partial charge in [-0.1, -0.05) is 6.42 Å². The topological polar surface area (TPSA) is 26.3 Å². The zero-order valence-electron chi connectivity index (χ0n) is 9.17. The van der Waals surface area contributed by atoms with Crippen molar-refractivity contribution in [2.24, 2.45) is 11.8 Å². The Balaban J connectivity index is 2.57. The standard InChI is InChI=1S/C12H18O2/c1-5-9-7-6-8-10(9)11(13)14-12(2,3)4/h1,9-10H,6-8H2,2-4H3/t9-,10?/m0/s1. The number of carbonyl (C=O) groups excluding carboxylic acids is 1. The third-order valence-electron chi connectivity index (χ3n) is 2.44. The molecular formula is C12H18O2. The van der Waals surface area contributed by atoms with Crippen molar-refractivity contribution in [2.45, 2.75) is 45.6 Å². The molecule has 1 fully saturated rings. The van der Waals surface area contributed by atoms with Crippen molar-refractivity contribution in [3.63, 3.8) is 0 Å². The fourth-order valence-electron chi connectivity index (χ4n) is 1.82. The van der Waals surface area contributed by atoms with Crippen LogP contribution in [0.5, 0.6) is 0 Å². The lowest BCUT2D eigenvalue weighted by Gasteiger charge is -2.23. The molecule has 78 valence electrons. The summed E-state index contributed by atoms with van der Waals surface area (Å²) in [5.41, 5.74) is -0.404. The first-order chi connectivity index (χ1) is 6.44. The van der Waals surface area contributed by atoms with Gasteiger partial charge in [0, 0.05) is 5.92 Å². The molecule has 14 heavy (non-hydrogen) atoms. The van der Waals surface area contributed by atoms with Gasteiger partial charge in [0.25, 0.3) is 0 Å². The van der Waals surface area contributed by atoms with Crippen LogP contribution in [0.2, 0.25) is 0 Å². The molecule has 2 atom stereocenters. The van der Waals surface area contributed by atoms with E-state index in [0.29, 0.717) is 0 Å². The van der Waals surface area contributed by atoms with Crippen LogP contribution in [-0.4, -0.2) is 11.6 Å². The van der Waals surface area contributed by atoms with Gasteiger partial charge in [-0.3, -0.25) is 4.79 Å². The number of ether oxygens (including phenoxy) is 1. The molecule has 0 radical (unpaired) electrons. The second-order valence-corrected chi connectivity index (χ2v) is 4.84. The monoisotopic (exact) mass is 194 g/mol. The van der Waals surface area contributed by atoms with Crippen LogP contribution in [0.4, 0.5) is 0 Å². The van der Waals surface area contributed by atoms with Crippen molar-refractivity contribution in [3.05, 3.63) is 0 Å². The molecule has 2 heteroatoms. The van der Waals surface area contributed by atoms with Gasteiger partial charge in [-0.15, -0.1) is 12.3 Å². The van der Waals surface area contributed by atoms with Crippen LogP contribution in [0.1, 0.15) is 40.0 Å². The highest BCUT2D eigenvalue weighted by atomic mass is 16.6. The van der Waals surface area contributed by atoms with Crippen molar-refractivity contribution in [3.8, 4) is 12.3 Å². The van der Waals surface area contributed by atoms with E-state index in [9.17, 15) is 4.79 Å². The molecule has 0 amide bonds. The van der Waals surface area contributed by atoms with E-state index in [1.807, 2.05) is 20.8 Å². The van der Waals surface area contributed by atoms with Crippen LogP contribution >= 0.6 is 0 Å². The fourth-order valence-corrected chi connectivity index (χ4v) is 1.82. The summed E-state index contributed by atoms with van der Waals surface area (Å²) in [5.74, 6) is 2.57. The van der Waals surface area contributed by atoms with Crippen LogP contribution in [0.25, 0.3) is 0 Å². The van der Waals surface area contributed by atoms with Crippen LogP contribution in [0.15, 0.2) is 0 Å². The summed E-state index contributed by atoms with van der Waals surface area (Å²) in [7, 11) is 0. The van der Waals surface area contributed by atoms with Crippen LogP contribution in [0.3, 0.4) is 0 Å². The summed E-state index contributed by atoms with van der Waals surface area (Å²) < 4.78 is 5.32. The summed E-state index contributed by atoms with van der Waals surface area (Å²) >= 11 is 0. The average molecular weight is 194 g/mol. The molecule has 1 aliphatic carbocycles. The molecule has 0 saturated heterocycles. The molecule has 1 unspecified atom stereocenters. The molecule has 2 nitrogen and oxygen atoms in total. The van der Waals surface area contributed by atoms with Gasteiger partial charge in [0.2, 0.25) is 0 Å². The number of hydrogen-bond acceptors (Lipinski definition) is 2. The summed E-state index contributed by atoms with van der Waals surface area (Å²) in [6.07, 6.45) is 8.25. The van der Waals surface area contributed by atoms with E-state index >= 15 is 0 Å². The Morgan fingerprint density at radius 2 is 2.07 bits per heavy atom. The Bertz CT molecular complexity index is 254. The zero-order valence-corrected chi connectivity index (χ0v) is 9.17. The highest BCUT2D eigenvalue weighted by molar-refractivity contribution is 5.74. The van der Waals surface area contributed by atoms with Gasteiger partial charge in [-0.25, -0.2) is 0 Å². The van der Waals surface area contributed by atoms with Crippen LogP contribution in [-0.2, 0) is 9.53 Å². The van der Waals surface area contributed by atoms with Gasteiger partial charge < -0.3 is 4.74 Å². The highest BCUT2D eigenvalue weighted by Gasteiger charge is 2.34. The quantitative estimate of drug-likeness (QED) is 0.473. The average Bonchev–Trinajstić information content (AvgIpc) is 2.47. The summed E-state index contributed by atoms with van der Waals surface area (Å²) in [5, 5.41) is 0. The molecule has 0 aromatic carbocycles. The van der Waals surface area contributed by atoms with E-state index in [1.165, 1.54) is 0 Å². The molecule has 0 bridgehead atoms. The molecule has 1 aliphatic rings. The number of esters is 1. The van der Waals surface area contributed by atoms with Gasteiger partial charge >= 0.3 is 5.97 Å². The number of carbonyl (C=O) groups is 1. The summed E-state index contributed by atoms with van der Waals surface area (Å²) in [6.45, 7) is 5.64. The minimum Gasteiger partial charge on any atom is -0.460 e. The molecule has 0 aromatic rings. The molecule has 0 N–H and O–H groups in total. The lowest BCUT2D eigenvalue weighted by Crippen LogP contribution is -2.30. The second-order valence-electron chi connectivity index (χ2n) is 4.84. The fraction of sp³-hybridized carbons (Fsp3) is 0.750. The van der Waals surface area contributed by atoms with Crippen molar-refractivity contribution in [2.75, 3.05) is 0 Å². The Hall–Kier alpha value is -0.970. The lowest BCUT2D eigenvalue weighted by molar-refractivity contribution is -0.160. The number of rotatable bonds is 1. The Kier molecular flexibility index (Phi) is 3.21. The predicted molar refractivity (Wildman–Crippen MR) is 55.5 cm³/mol. The zero-order chi connectivity index (χ0) is 10.8. The maximum atomic E-state index is 11.7. The summed E-state index contributed by atoms with van der Waals surface area (Å²) in [6, 6.07) is 0. The largest absolute Gasteiger partial charge is 0.460 e. The minimum absolute atomic E-state index is 0.0702. The minimum atomic E-state index is -0.404. The van der Waals surface area contributed by atoms with E-state index in [0.717, 1.165) is 19.3 Å². The van der Waals surface area contributed by atoms with Gasteiger partial charge in [0.15, 0.2) is 0 Å². The predicted octanol–water partition coefficient (Wildman–Crippen LogP) is 2.38. The molecule has 0 spiro atoms. The first-order valence-electron chi connectivity index (χ1n) is 5.13.